The summed E-state index contributed by atoms with van der Waals surface area (Å²) in [6.07, 6.45) is -1.56. The number of alkyl halides is 3. The zero-order valence-corrected chi connectivity index (χ0v) is 19.7. The van der Waals surface area contributed by atoms with Gasteiger partial charge >= 0.3 is 12.1 Å². The van der Waals surface area contributed by atoms with Crippen molar-refractivity contribution in [2.75, 3.05) is 36.4 Å². The van der Waals surface area contributed by atoms with Gasteiger partial charge in [-0.1, -0.05) is 23.7 Å². The largest absolute Gasteiger partial charge is 0.490 e. The van der Waals surface area contributed by atoms with Gasteiger partial charge in [-0.05, 0) is 31.0 Å². The lowest BCUT2D eigenvalue weighted by Crippen LogP contribution is -2.46. The van der Waals surface area contributed by atoms with Gasteiger partial charge in [0.2, 0.25) is 0 Å². The van der Waals surface area contributed by atoms with Gasteiger partial charge in [0.25, 0.3) is 0 Å². The van der Waals surface area contributed by atoms with E-state index in [2.05, 4.69) is 20.1 Å². The van der Waals surface area contributed by atoms with E-state index in [0.717, 1.165) is 60.6 Å². The number of carboxylic acid groups (broad SMARTS) is 1. The average Bonchev–Trinajstić information content (AvgIpc) is 3.65. The van der Waals surface area contributed by atoms with E-state index < -0.39 is 12.1 Å². The van der Waals surface area contributed by atoms with Gasteiger partial charge < -0.3 is 15.3 Å². The molecule has 8 nitrogen and oxygen atoms in total. The van der Waals surface area contributed by atoms with Crippen LogP contribution in [0.1, 0.15) is 18.4 Å². The van der Waals surface area contributed by atoms with Crippen LogP contribution in [0, 0.1) is 5.82 Å². The van der Waals surface area contributed by atoms with E-state index in [1.54, 1.807) is 0 Å². The number of halogens is 5. The lowest BCUT2D eigenvalue weighted by Gasteiger charge is -2.36. The molecule has 192 valence electrons. The van der Waals surface area contributed by atoms with Crippen molar-refractivity contribution in [2.24, 2.45) is 0 Å². The van der Waals surface area contributed by atoms with Crippen LogP contribution >= 0.6 is 11.6 Å². The van der Waals surface area contributed by atoms with E-state index in [1.807, 2.05) is 24.3 Å². The summed E-state index contributed by atoms with van der Waals surface area (Å²) in [5, 5.41) is 11.0. The second kappa shape index (κ2) is 10.8. The summed E-state index contributed by atoms with van der Waals surface area (Å²) in [5.74, 6) is -1.32. The van der Waals surface area contributed by atoms with Crippen molar-refractivity contribution in [3.8, 4) is 0 Å². The molecule has 1 saturated heterocycles. The molecule has 0 amide bonds. The third-order valence-corrected chi connectivity index (χ3v) is 6.00. The lowest BCUT2D eigenvalue weighted by atomic mass is 10.2. The maximum Gasteiger partial charge on any atom is 0.490 e. The monoisotopic (exact) mass is 526 g/mol. The molecule has 13 heteroatoms. The average molecular weight is 527 g/mol. The van der Waals surface area contributed by atoms with E-state index >= 15 is 0 Å². The van der Waals surface area contributed by atoms with Crippen molar-refractivity contribution < 1.29 is 27.5 Å². The molecule has 1 aliphatic carbocycles. The Hall–Kier alpha value is -3.25. The number of rotatable bonds is 5. The number of nitrogens with one attached hydrogen (secondary N) is 1. The number of aromatic nitrogens is 3. The van der Waals surface area contributed by atoms with Gasteiger partial charge in [0.15, 0.2) is 11.6 Å². The summed E-state index contributed by atoms with van der Waals surface area (Å²) in [6, 6.07) is 9.95. The Balaban J connectivity index is 0.000000384. The topological polar surface area (TPSA) is 94.5 Å². The second-order valence-corrected chi connectivity index (χ2v) is 8.83. The van der Waals surface area contributed by atoms with Crippen LogP contribution in [0.3, 0.4) is 0 Å². The number of anilines is 2. The standard InChI is InChI=1S/C21H22ClFN6.C2HF3O2/c22-19-14(11-15(23)12-24-19)13-28-7-9-29(10-8-28)21-20(25-16-5-6-16)26-17-3-1-2-4-18(17)27-21;3-2(4,5)1(6)7/h1-4,11-12,16H,5-10,13H2,(H,25,26);(H,6,7). The molecule has 2 N–H and O–H groups in total. The first-order valence-electron chi connectivity index (χ1n) is 11.2. The highest BCUT2D eigenvalue weighted by Crippen LogP contribution is 2.31. The van der Waals surface area contributed by atoms with E-state index in [4.69, 9.17) is 31.5 Å². The molecule has 1 aliphatic heterocycles. The molecular formula is C23H23ClF4N6O2. The third-order valence-electron chi connectivity index (χ3n) is 5.66. The minimum Gasteiger partial charge on any atom is -0.475 e. The van der Waals surface area contributed by atoms with Crippen molar-refractivity contribution in [3.05, 3.63) is 53.1 Å². The van der Waals surface area contributed by atoms with E-state index in [0.29, 0.717) is 17.7 Å². The Kier molecular flexibility index (Phi) is 7.74. The molecule has 36 heavy (non-hydrogen) atoms. The Morgan fingerprint density at radius 3 is 2.31 bits per heavy atom. The number of carbonyl (C=O) groups is 1. The molecule has 0 spiro atoms. The van der Waals surface area contributed by atoms with Gasteiger partial charge in [-0.25, -0.2) is 24.1 Å². The molecule has 0 bridgehead atoms. The molecule has 2 aliphatic rings. The zero-order valence-electron chi connectivity index (χ0n) is 19.0. The van der Waals surface area contributed by atoms with E-state index in [-0.39, 0.29) is 5.82 Å². The number of nitrogens with zero attached hydrogens (tertiary/aromatic N) is 5. The second-order valence-electron chi connectivity index (χ2n) is 8.47. The molecule has 5 rings (SSSR count). The molecule has 0 unspecified atom stereocenters. The number of para-hydroxylation sites is 2. The van der Waals surface area contributed by atoms with Crippen molar-refractivity contribution in [1.82, 2.24) is 19.9 Å². The SMILES string of the molecule is Fc1cnc(Cl)c(CN2CCN(c3nc4ccccc4nc3NC3CC3)CC2)c1.O=C(O)C(F)(F)F. The molecule has 3 aromatic rings. The van der Waals surface area contributed by atoms with Gasteiger partial charge in [0.05, 0.1) is 17.2 Å². The highest BCUT2D eigenvalue weighted by molar-refractivity contribution is 6.30. The fourth-order valence-corrected chi connectivity index (χ4v) is 3.83. The number of piperazine rings is 1. The maximum atomic E-state index is 13.5. The van der Waals surface area contributed by atoms with Crippen LogP contribution in [0.2, 0.25) is 5.15 Å². The van der Waals surface area contributed by atoms with Crippen molar-refractivity contribution >= 4 is 40.2 Å². The van der Waals surface area contributed by atoms with Crippen molar-refractivity contribution in [2.45, 2.75) is 31.6 Å². The summed E-state index contributed by atoms with van der Waals surface area (Å²) in [5.41, 5.74) is 2.54. The van der Waals surface area contributed by atoms with Crippen LogP contribution in [0.5, 0.6) is 0 Å². The molecule has 2 aromatic heterocycles. The predicted octanol–water partition coefficient (Wildman–Crippen LogP) is 4.35. The Bertz CT molecular complexity index is 1230. The fraction of sp³-hybridized carbons (Fsp3) is 0.391. The summed E-state index contributed by atoms with van der Waals surface area (Å²) < 4.78 is 45.2. The zero-order chi connectivity index (χ0) is 25.9. The van der Waals surface area contributed by atoms with E-state index in [1.165, 1.54) is 18.9 Å². The first-order chi connectivity index (χ1) is 17.1. The quantitative estimate of drug-likeness (QED) is 0.374. The van der Waals surface area contributed by atoms with Gasteiger partial charge in [-0.15, -0.1) is 0 Å². The van der Waals surface area contributed by atoms with Crippen LogP contribution < -0.4 is 10.2 Å². The number of hydrogen-bond donors (Lipinski definition) is 2. The van der Waals surface area contributed by atoms with Gasteiger partial charge in [-0.3, -0.25) is 4.90 Å². The summed E-state index contributed by atoms with van der Waals surface area (Å²) in [4.78, 5) is 27.1. The third kappa shape index (κ3) is 6.70. The number of fused-ring (bicyclic) bond motifs is 1. The number of hydrogen-bond acceptors (Lipinski definition) is 7. The normalized spacial score (nSPS) is 16.4. The highest BCUT2D eigenvalue weighted by Gasteiger charge is 2.38. The minimum atomic E-state index is -5.08. The van der Waals surface area contributed by atoms with Gasteiger partial charge in [0.1, 0.15) is 11.0 Å². The molecule has 3 heterocycles. The molecule has 0 radical (unpaired) electrons. The molecular weight excluding hydrogens is 504 g/mol. The van der Waals surface area contributed by atoms with Crippen molar-refractivity contribution in [1.29, 1.82) is 0 Å². The van der Waals surface area contributed by atoms with Crippen LogP contribution in [-0.2, 0) is 11.3 Å². The Labute approximate surface area is 208 Å². The first kappa shape index (κ1) is 25.8. The predicted molar refractivity (Wildman–Crippen MR) is 127 cm³/mol. The Morgan fingerprint density at radius 2 is 1.72 bits per heavy atom. The van der Waals surface area contributed by atoms with Crippen molar-refractivity contribution in [3.63, 3.8) is 0 Å². The molecule has 1 aromatic carbocycles. The van der Waals surface area contributed by atoms with Crippen LogP contribution in [0.25, 0.3) is 11.0 Å². The minimum absolute atomic E-state index is 0.356. The number of aliphatic carboxylic acids is 1. The van der Waals surface area contributed by atoms with Crippen LogP contribution in [0.15, 0.2) is 36.5 Å². The number of pyridine rings is 1. The lowest BCUT2D eigenvalue weighted by molar-refractivity contribution is -0.192. The van der Waals surface area contributed by atoms with Gasteiger partial charge in [0, 0.05) is 44.3 Å². The number of carboxylic acids is 1. The molecule has 0 atom stereocenters. The Morgan fingerprint density at radius 1 is 1.11 bits per heavy atom. The summed E-state index contributed by atoms with van der Waals surface area (Å²) >= 11 is 6.13. The maximum absolute atomic E-state index is 13.5. The smallest absolute Gasteiger partial charge is 0.475 e. The number of benzene rings is 1. The summed E-state index contributed by atoms with van der Waals surface area (Å²) in [6.45, 7) is 3.92. The molecule has 2 fully saturated rings. The van der Waals surface area contributed by atoms with Crippen LogP contribution in [0.4, 0.5) is 29.2 Å². The first-order valence-corrected chi connectivity index (χ1v) is 11.6. The van der Waals surface area contributed by atoms with Gasteiger partial charge in [-0.2, -0.15) is 13.2 Å². The van der Waals surface area contributed by atoms with E-state index in [9.17, 15) is 17.6 Å². The molecule has 1 saturated carbocycles. The fourth-order valence-electron chi connectivity index (χ4n) is 3.66. The van der Waals surface area contributed by atoms with Crippen LogP contribution in [-0.4, -0.2) is 69.3 Å². The highest BCUT2D eigenvalue weighted by atomic mass is 35.5. The summed E-state index contributed by atoms with van der Waals surface area (Å²) in [7, 11) is 0.